The van der Waals surface area contributed by atoms with Crippen LogP contribution in [0.2, 0.25) is 0 Å². The SMILES string of the molecule is CCCCOCCOCCOCCN1CCOC(CO)C1. The Morgan fingerprint density at radius 2 is 1.71 bits per heavy atom. The second kappa shape index (κ2) is 13.4. The van der Waals surface area contributed by atoms with E-state index in [0.29, 0.717) is 39.6 Å². The lowest BCUT2D eigenvalue weighted by molar-refractivity contribution is -0.0599. The van der Waals surface area contributed by atoms with E-state index in [1.165, 1.54) is 0 Å². The van der Waals surface area contributed by atoms with Crippen LogP contribution in [0, 0.1) is 0 Å². The Morgan fingerprint density at radius 3 is 2.38 bits per heavy atom. The zero-order valence-corrected chi connectivity index (χ0v) is 13.3. The van der Waals surface area contributed by atoms with E-state index in [0.717, 1.165) is 39.1 Å². The van der Waals surface area contributed by atoms with Gasteiger partial charge in [-0.25, -0.2) is 0 Å². The lowest BCUT2D eigenvalue weighted by Crippen LogP contribution is -2.45. The van der Waals surface area contributed by atoms with E-state index in [1.807, 2.05) is 0 Å². The van der Waals surface area contributed by atoms with Crippen LogP contribution in [0.4, 0.5) is 0 Å². The Morgan fingerprint density at radius 1 is 1.05 bits per heavy atom. The minimum absolute atomic E-state index is 0.0465. The topological polar surface area (TPSA) is 60.4 Å². The minimum atomic E-state index is -0.0465. The molecule has 0 saturated carbocycles. The summed E-state index contributed by atoms with van der Waals surface area (Å²) in [6.07, 6.45) is 2.23. The van der Waals surface area contributed by atoms with Crippen molar-refractivity contribution in [3.8, 4) is 0 Å². The van der Waals surface area contributed by atoms with Crippen molar-refractivity contribution < 1.29 is 24.1 Å². The number of aliphatic hydroxyl groups is 1. The fourth-order valence-corrected chi connectivity index (χ4v) is 2.08. The van der Waals surface area contributed by atoms with Gasteiger partial charge in [-0.2, -0.15) is 0 Å². The molecule has 0 aromatic carbocycles. The van der Waals surface area contributed by atoms with Gasteiger partial charge in [0.1, 0.15) is 0 Å². The summed E-state index contributed by atoms with van der Waals surface area (Å²) in [5.74, 6) is 0. The quantitative estimate of drug-likeness (QED) is 0.501. The Bertz CT molecular complexity index is 230. The molecule has 0 radical (unpaired) electrons. The smallest absolute Gasteiger partial charge is 0.0932 e. The second-order valence-corrected chi connectivity index (χ2v) is 5.17. The van der Waals surface area contributed by atoms with Crippen LogP contribution in [-0.2, 0) is 18.9 Å². The predicted molar refractivity (Wildman–Crippen MR) is 80.6 cm³/mol. The molecule has 1 atom stereocenters. The first-order valence-electron chi connectivity index (χ1n) is 8.04. The highest BCUT2D eigenvalue weighted by atomic mass is 16.5. The number of morpholine rings is 1. The molecule has 1 fully saturated rings. The summed E-state index contributed by atoms with van der Waals surface area (Å²) in [6, 6.07) is 0. The predicted octanol–water partition coefficient (Wildman–Crippen LogP) is 0.529. The van der Waals surface area contributed by atoms with Crippen molar-refractivity contribution in [2.45, 2.75) is 25.9 Å². The average molecular weight is 305 g/mol. The van der Waals surface area contributed by atoms with Crippen molar-refractivity contribution in [3.05, 3.63) is 0 Å². The summed E-state index contributed by atoms with van der Waals surface area (Å²) < 4.78 is 21.8. The molecule has 0 aliphatic carbocycles. The molecular weight excluding hydrogens is 274 g/mol. The lowest BCUT2D eigenvalue weighted by Gasteiger charge is -2.31. The van der Waals surface area contributed by atoms with Gasteiger partial charge in [0, 0.05) is 26.2 Å². The summed E-state index contributed by atoms with van der Waals surface area (Å²) in [6.45, 7) is 9.53. The van der Waals surface area contributed by atoms with Gasteiger partial charge in [-0.15, -0.1) is 0 Å². The molecule has 0 spiro atoms. The van der Waals surface area contributed by atoms with Gasteiger partial charge >= 0.3 is 0 Å². The summed E-state index contributed by atoms with van der Waals surface area (Å²) in [4.78, 5) is 2.26. The van der Waals surface area contributed by atoms with Crippen molar-refractivity contribution in [2.24, 2.45) is 0 Å². The van der Waals surface area contributed by atoms with E-state index in [4.69, 9.17) is 24.1 Å². The maximum Gasteiger partial charge on any atom is 0.0932 e. The largest absolute Gasteiger partial charge is 0.394 e. The fraction of sp³-hybridized carbons (Fsp3) is 1.00. The van der Waals surface area contributed by atoms with Crippen molar-refractivity contribution in [3.63, 3.8) is 0 Å². The van der Waals surface area contributed by atoms with E-state index < -0.39 is 0 Å². The van der Waals surface area contributed by atoms with E-state index >= 15 is 0 Å². The van der Waals surface area contributed by atoms with E-state index in [9.17, 15) is 0 Å². The monoisotopic (exact) mass is 305 g/mol. The number of ether oxygens (including phenoxy) is 4. The molecule has 1 saturated heterocycles. The van der Waals surface area contributed by atoms with Crippen molar-refractivity contribution in [1.82, 2.24) is 4.90 Å². The molecule has 1 unspecified atom stereocenters. The van der Waals surface area contributed by atoms with E-state index in [2.05, 4.69) is 11.8 Å². The molecule has 6 heteroatoms. The standard InChI is InChI=1S/C15H31NO5/c1-2-3-6-18-9-11-20-12-10-19-7-4-16-5-8-21-15(13-16)14-17/h15,17H,2-14H2,1H3. The van der Waals surface area contributed by atoms with Gasteiger partial charge in [-0.1, -0.05) is 13.3 Å². The van der Waals surface area contributed by atoms with Crippen LogP contribution < -0.4 is 0 Å². The number of unbranched alkanes of at least 4 members (excludes halogenated alkanes) is 1. The number of nitrogens with zero attached hydrogens (tertiary/aromatic N) is 1. The van der Waals surface area contributed by atoms with Crippen LogP contribution in [0.3, 0.4) is 0 Å². The van der Waals surface area contributed by atoms with Gasteiger partial charge in [0.05, 0.1) is 52.4 Å². The Balaban J connectivity index is 1.80. The first kappa shape index (κ1) is 18.8. The molecule has 6 nitrogen and oxygen atoms in total. The van der Waals surface area contributed by atoms with Gasteiger partial charge in [0.25, 0.3) is 0 Å². The van der Waals surface area contributed by atoms with E-state index in [1.54, 1.807) is 0 Å². The summed E-state index contributed by atoms with van der Waals surface area (Å²) in [5, 5.41) is 9.06. The Kier molecular flexibility index (Phi) is 12.0. The third-order valence-electron chi connectivity index (χ3n) is 3.36. The molecule has 1 rings (SSSR count). The van der Waals surface area contributed by atoms with Gasteiger partial charge in [0.2, 0.25) is 0 Å². The molecule has 0 bridgehead atoms. The van der Waals surface area contributed by atoms with Gasteiger partial charge in [-0.05, 0) is 6.42 Å². The van der Waals surface area contributed by atoms with Gasteiger partial charge in [-0.3, -0.25) is 4.90 Å². The maximum absolute atomic E-state index is 9.06. The zero-order valence-electron chi connectivity index (χ0n) is 13.3. The number of rotatable bonds is 13. The summed E-state index contributed by atoms with van der Waals surface area (Å²) in [7, 11) is 0. The number of hydrogen-bond donors (Lipinski definition) is 1. The number of hydrogen-bond acceptors (Lipinski definition) is 6. The number of aliphatic hydroxyl groups excluding tert-OH is 1. The first-order valence-corrected chi connectivity index (χ1v) is 8.04. The van der Waals surface area contributed by atoms with Gasteiger partial charge in [0.15, 0.2) is 0 Å². The normalized spacial score (nSPS) is 20.0. The molecule has 0 aromatic rings. The van der Waals surface area contributed by atoms with Crippen LogP contribution in [0.5, 0.6) is 0 Å². The molecular formula is C15H31NO5. The van der Waals surface area contributed by atoms with Crippen molar-refractivity contribution in [2.75, 3.05) is 72.5 Å². The zero-order chi connectivity index (χ0) is 15.2. The van der Waals surface area contributed by atoms with Crippen LogP contribution >= 0.6 is 0 Å². The van der Waals surface area contributed by atoms with Crippen LogP contribution in [0.15, 0.2) is 0 Å². The molecule has 1 aliphatic rings. The lowest BCUT2D eigenvalue weighted by atomic mass is 10.3. The van der Waals surface area contributed by atoms with Crippen LogP contribution in [0.25, 0.3) is 0 Å². The summed E-state index contributed by atoms with van der Waals surface area (Å²) >= 11 is 0. The average Bonchev–Trinajstić information content (AvgIpc) is 2.53. The fourth-order valence-electron chi connectivity index (χ4n) is 2.08. The minimum Gasteiger partial charge on any atom is -0.394 e. The van der Waals surface area contributed by atoms with E-state index in [-0.39, 0.29) is 12.7 Å². The molecule has 1 aliphatic heterocycles. The molecule has 0 aromatic heterocycles. The Hall–Kier alpha value is -0.240. The third-order valence-corrected chi connectivity index (χ3v) is 3.36. The van der Waals surface area contributed by atoms with Gasteiger partial charge < -0.3 is 24.1 Å². The Labute approximate surface area is 128 Å². The van der Waals surface area contributed by atoms with Crippen LogP contribution in [-0.4, -0.2) is 88.6 Å². The highest BCUT2D eigenvalue weighted by molar-refractivity contribution is 4.70. The molecule has 21 heavy (non-hydrogen) atoms. The van der Waals surface area contributed by atoms with Crippen LogP contribution in [0.1, 0.15) is 19.8 Å². The molecule has 1 heterocycles. The second-order valence-electron chi connectivity index (χ2n) is 5.17. The maximum atomic E-state index is 9.06. The third kappa shape index (κ3) is 10.2. The highest BCUT2D eigenvalue weighted by Gasteiger charge is 2.18. The molecule has 126 valence electrons. The van der Waals surface area contributed by atoms with Crippen molar-refractivity contribution >= 4 is 0 Å². The summed E-state index contributed by atoms with van der Waals surface area (Å²) in [5.41, 5.74) is 0. The highest BCUT2D eigenvalue weighted by Crippen LogP contribution is 2.03. The molecule has 0 amide bonds. The van der Waals surface area contributed by atoms with Crippen molar-refractivity contribution in [1.29, 1.82) is 0 Å². The molecule has 1 N–H and O–H groups in total. The first-order chi connectivity index (χ1) is 10.4.